The molecule has 108 valence electrons. The van der Waals surface area contributed by atoms with E-state index in [9.17, 15) is 14.0 Å². The summed E-state index contributed by atoms with van der Waals surface area (Å²) < 4.78 is 13.4. The van der Waals surface area contributed by atoms with Crippen molar-refractivity contribution >= 4 is 33.4 Å². The van der Waals surface area contributed by atoms with Crippen LogP contribution in [0.2, 0.25) is 0 Å². The lowest BCUT2D eigenvalue weighted by Gasteiger charge is -2.11. The highest BCUT2D eigenvalue weighted by Crippen LogP contribution is 2.21. The van der Waals surface area contributed by atoms with E-state index >= 15 is 0 Å². The molecular weight excluding hydrogens is 339 g/mol. The average Bonchev–Trinajstić information content (AvgIpc) is 2.46. The normalized spacial score (nSPS) is 10.0. The third-order valence-electron chi connectivity index (χ3n) is 2.82. The molecule has 2 rings (SSSR count). The zero-order valence-electron chi connectivity index (χ0n) is 11.1. The minimum Gasteiger partial charge on any atom is -0.355 e. The largest absolute Gasteiger partial charge is 0.355 e. The molecule has 0 saturated carbocycles. The molecule has 2 aromatic rings. The summed E-state index contributed by atoms with van der Waals surface area (Å²) in [6.45, 7) is 0. The molecule has 0 aliphatic carbocycles. The molecule has 2 amide bonds. The van der Waals surface area contributed by atoms with Crippen molar-refractivity contribution in [2.45, 2.75) is 0 Å². The quantitative estimate of drug-likeness (QED) is 0.892. The monoisotopic (exact) mass is 350 g/mol. The van der Waals surface area contributed by atoms with Gasteiger partial charge in [0.05, 0.1) is 16.8 Å². The van der Waals surface area contributed by atoms with Gasteiger partial charge >= 0.3 is 0 Å². The molecule has 0 heterocycles. The van der Waals surface area contributed by atoms with Crippen molar-refractivity contribution < 1.29 is 14.0 Å². The summed E-state index contributed by atoms with van der Waals surface area (Å²) in [6.07, 6.45) is 0. The lowest BCUT2D eigenvalue weighted by Crippen LogP contribution is -2.21. The Bertz CT molecular complexity index is 704. The van der Waals surface area contributed by atoms with Crippen molar-refractivity contribution in [1.29, 1.82) is 0 Å². The molecule has 0 radical (unpaired) electrons. The third kappa shape index (κ3) is 3.46. The van der Waals surface area contributed by atoms with Crippen molar-refractivity contribution in [3.05, 3.63) is 63.9 Å². The number of benzene rings is 2. The summed E-state index contributed by atoms with van der Waals surface area (Å²) in [6, 6.07) is 10.4. The van der Waals surface area contributed by atoms with Gasteiger partial charge in [-0.3, -0.25) is 9.59 Å². The highest BCUT2D eigenvalue weighted by Gasteiger charge is 2.15. The summed E-state index contributed by atoms with van der Waals surface area (Å²) in [5.41, 5.74) is 1.02. The first kappa shape index (κ1) is 15.2. The van der Waals surface area contributed by atoms with Crippen molar-refractivity contribution in [1.82, 2.24) is 5.32 Å². The second-order valence-electron chi connectivity index (χ2n) is 4.20. The molecule has 0 aliphatic rings. The predicted octanol–water partition coefficient (Wildman–Crippen LogP) is 3.20. The lowest BCUT2D eigenvalue weighted by atomic mass is 10.1. The van der Waals surface area contributed by atoms with Gasteiger partial charge in [-0.1, -0.05) is 12.1 Å². The van der Waals surface area contributed by atoms with Crippen LogP contribution >= 0.6 is 15.9 Å². The Morgan fingerprint density at radius 2 is 1.76 bits per heavy atom. The first-order valence-electron chi connectivity index (χ1n) is 6.10. The fourth-order valence-electron chi connectivity index (χ4n) is 1.79. The van der Waals surface area contributed by atoms with E-state index < -0.39 is 11.7 Å². The van der Waals surface area contributed by atoms with E-state index in [1.54, 1.807) is 24.3 Å². The second kappa shape index (κ2) is 6.49. The number of carbonyl (C=O) groups excluding carboxylic acids is 2. The number of anilines is 1. The lowest BCUT2D eigenvalue weighted by molar-refractivity contribution is 0.0964. The van der Waals surface area contributed by atoms with Gasteiger partial charge in [-0.25, -0.2) is 4.39 Å². The first-order valence-corrected chi connectivity index (χ1v) is 6.89. The predicted molar refractivity (Wildman–Crippen MR) is 81.9 cm³/mol. The van der Waals surface area contributed by atoms with E-state index in [1.165, 1.54) is 25.2 Å². The van der Waals surface area contributed by atoms with Gasteiger partial charge in [0.2, 0.25) is 0 Å². The van der Waals surface area contributed by atoms with E-state index in [-0.39, 0.29) is 11.5 Å². The highest BCUT2D eigenvalue weighted by molar-refractivity contribution is 9.10. The number of nitrogens with one attached hydrogen (secondary N) is 2. The third-order valence-corrected chi connectivity index (χ3v) is 3.48. The van der Waals surface area contributed by atoms with Crippen LogP contribution in [0.4, 0.5) is 10.1 Å². The van der Waals surface area contributed by atoms with Gasteiger partial charge in [0.15, 0.2) is 0 Å². The minimum absolute atomic E-state index is 0.281. The number of halogens is 2. The van der Waals surface area contributed by atoms with Crippen molar-refractivity contribution in [3.8, 4) is 0 Å². The van der Waals surface area contributed by atoms with Crippen LogP contribution in [0.3, 0.4) is 0 Å². The summed E-state index contributed by atoms with van der Waals surface area (Å²) in [4.78, 5) is 24.0. The van der Waals surface area contributed by atoms with Crippen LogP contribution in [-0.2, 0) is 0 Å². The van der Waals surface area contributed by atoms with Crippen LogP contribution in [0.25, 0.3) is 0 Å². The number of para-hydroxylation sites is 1. The van der Waals surface area contributed by atoms with Crippen molar-refractivity contribution in [2.75, 3.05) is 12.4 Å². The van der Waals surface area contributed by atoms with Crippen LogP contribution in [0, 0.1) is 5.82 Å². The topological polar surface area (TPSA) is 58.2 Å². The fraction of sp³-hybridized carbons (Fsp3) is 0.0667. The zero-order valence-corrected chi connectivity index (χ0v) is 12.7. The van der Waals surface area contributed by atoms with Gasteiger partial charge in [-0.15, -0.1) is 0 Å². The Morgan fingerprint density at radius 3 is 2.43 bits per heavy atom. The molecule has 0 saturated heterocycles. The number of carbonyl (C=O) groups is 2. The van der Waals surface area contributed by atoms with Crippen LogP contribution in [-0.4, -0.2) is 18.9 Å². The number of hydrogen-bond donors (Lipinski definition) is 2. The van der Waals surface area contributed by atoms with Gasteiger partial charge in [0.25, 0.3) is 11.8 Å². The maximum absolute atomic E-state index is 13.0. The summed E-state index contributed by atoms with van der Waals surface area (Å²) in [5, 5.41) is 5.15. The Labute approximate surface area is 129 Å². The average molecular weight is 351 g/mol. The van der Waals surface area contributed by atoms with Crippen molar-refractivity contribution in [2.24, 2.45) is 0 Å². The SMILES string of the molecule is CNC(=O)c1ccccc1NC(=O)c1ccc(F)cc1Br. The molecular formula is C15H12BrFN2O2. The van der Waals surface area contributed by atoms with Crippen LogP contribution in [0.5, 0.6) is 0 Å². The van der Waals surface area contributed by atoms with Gasteiger partial charge < -0.3 is 10.6 Å². The van der Waals surface area contributed by atoms with Crippen LogP contribution < -0.4 is 10.6 Å². The molecule has 0 atom stereocenters. The van der Waals surface area contributed by atoms with E-state index in [2.05, 4.69) is 26.6 Å². The van der Waals surface area contributed by atoms with E-state index in [0.29, 0.717) is 15.7 Å². The maximum atomic E-state index is 13.0. The van der Waals surface area contributed by atoms with Gasteiger partial charge in [0, 0.05) is 11.5 Å². The standard InChI is InChI=1S/C15H12BrFN2O2/c1-18-14(20)11-4-2-3-5-13(11)19-15(21)10-7-6-9(17)8-12(10)16/h2-8H,1H3,(H,18,20)(H,19,21). The Hall–Kier alpha value is -2.21. The van der Waals surface area contributed by atoms with E-state index in [1.807, 2.05) is 0 Å². The molecule has 0 fully saturated rings. The number of amides is 2. The van der Waals surface area contributed by atoms with Gasteiger partial charge in [-0.05, 0) is 46.3 Å². The molecule has 2 aromatic carbocycles. The maximum Gasteiger partial charge on any atom is 0.256 e. The molecule has 0 unspecified atom stereocenters. The van der Waals surface area contributed by atoms with E-state index in [4.69, 9.17) is 0 Å². The molecule has 0 aromatic heterocycles. The molecule has 0 aliphatic heterocycles. The summed E-state index contributed by atoms with van der Waals surface area (Å²) >= 11 is 3.14. The minimum atomic E-state index is -0.441. The van der Waals surface area contributed by atoms with Crippen LogP contribution in [0.1, 0.15) is 20.7 Å². The highest BCUT2D eigenvalue weighted by atomic mass is 79.9. The zero-order chi connectivity index (χ0) is 15.4. The smallest absolute Gasteiger partial charge is 0.256 e. The van der Waals surface area contributed by atoms with Crippen LogP contribution in [0.15, 0.2) is 46.9 Å². The van der Waals surface area contributed by atoms with Crippen molar-refractivity contribution in [3.63, 3.8) is 0 Å². The first-order chi connectivity index (χ1) is 10.0. The van der Waals surface area contributed by atoms with E-state index in [0.717, 1.165) is 0 Å². The number of hydrogen-bond acceptors (Lipinski definition) is 2. The summed E-state index contributed by atoms with van der Waals surface area (Å²) in [5.74, 6) is -1.17. The molecule has 4 nitrogen and oxygen atoms in total. The second-order valence-corrected chi connectivity index (χ2v) is 5.06. The fourth-order valence-corrected chi connectivity index (χ4v) is 2.32. The summed E-state index contributed by atoms with van der Waals surface area (Å²) in [7, 11) is 1.51. The Kier molecular flexibility index (Phi) is 4.70. The molecule has 2 N–H and O–H groups in total. The van der Waals surface area contributed by atoms with Gasteiger partial charge in [-0.2, -0.15) is 0 Å². The molecule has 0 bridgehead atoms. The molecule has 21 heavy (non-hydrogen) atoms. The Morgan fingerprint density at radius 1 is 1.05 bits per heavy atom. The number of rotatable bonds is 3. The Balaban J connectivity index is 2.30. The molecule has 0 spiro atoms. The molecule has 6 heteroatoms. The van der Waals surface area contributed by atoms with Gasteiger partial charge in [0.1, 0.15) is 5.82 Å².